The molecule has 2 N–H and O–H groups in total. The SMILES string of the molecule is O=C(CCC1CCNCC1)NCC(c1cccs1)N1CCCC1. The minimum absolute atomic E-state index is 0.226. The molecule has 2 aliphatic heterocycles. The zero-order valence-corrected chi connectivity index (χ0v) is 14.7. The van der Waals surface area contributed by atoms with E-state index in [0.717, 1.165) is 45.1 Å². The molecule has 3 heterocycles. The van der Waals surface area contributed by atoms with Crippen LogP contribution in [0, 0.1) is 5.92 Å². The first-order valence-electron chi connectivity index (χ1n) is 9.08. The predicted molar refractivity (Wildman–Crippen MR) is 95.7 cm³/mol. The zero-order valence-electron chi connectivity index (χ0n) is 13.9. The lowest BCUT2D eigenvalue weighted by atomic mass is 9.93. The van der Waals surface area contributed by atoms with Crippen molar-refractivity contribution in [1.29, 1.82) is 0 Å². The quantitative estimate of drug-likeness (QED) is 0.805. The standard InChI is InChI=1S/C18H29N3OS/c22-18(6-5-15-7-9-19-10-8-15)20-14-16(17-4-3-13-23-17)21-11-1-2-12-21/h3-4,13,15-16,19H,1-2,5-12,14H2,(H,20,22). The van der Waals surface area contributed by atoms with Gasteiger partial charge in [-0.05, 0) is 75.6 Å². The van der Waals surface area contributed by atoms with Gasteiger partial charge in [-0.1, -0.05) is 6.07 Å². The molecular formula is C18H29N3OS. The van der Waals surface area contributed by atoms with E-state index in [9.17, 15) is 4.79 Å². The van der Waals surface area contributed by atoms with Crippen LogP contribution in [0.4, 0.5) is 0 Å². The average molecular weight is 336 g/mol. The first-order valence-corrected chi connectivity index (χ1v) is 9.96. The van der Waals surface area contributed by atoms with Crippen LogP contribution < -0.4 is 10.6 Å². The lowest BCUT2D eigenvalue weighted by molar-refractivity contribution is -0.121. The number of carbonyl (C=O) groups is 1. The Balaban J connectivity index is 1.45. The summed E-state index contributed by atoms with van der Waals surface area (Å²) < 4.78 is 0. The highest BCUT2D eigenvalue weighted by Gasteiger charge is 2.24. The molecule has 2 fully saturated rings. The Kier molecular flexibility index (Phi) is 6.48. The van der Waals surface area contributed by atoms with Crippen LogP contribution in [0.25, 0.3) is 0 Å². The Morgan fingerprint density at radius 2 is 2.13 bits per heavy atom. The summed E-state index contributed by atoms with van der Waals surface area (Å²) in [6.45, 7) is 5.30. The van der Waals surface area contributed by atoms with Gasteiger partial charge < -0.3 is 10.6 Å². The Bertz CT molecular complexity index is 465. The molecule has 1 aromatic heterocycles. The van der Waals surface area contributed by atoms with Gasteiger partial charge in [-0.25, -0.2) is 0 Å². The Morgan fingerprint density at radius 1 is 1.35 bits per heavy atom. The Hall–Kier alpha value is -0.910. The summed E-state index contributed by atoms with van der Waals surface area (Å²) in [6, 6.07) is 4.68. The fraction of sp³-hybridized carbons (Fsp3) is 0.722. The summed E-state index contributed by atoms with van der Waals surface area (Å²) in [4.78, 5) is 16.1. The van der Waals surface area contributed by atoms with E-state index in [-0.39, 0.29) is 5.91 Å². The van der Waals surface area contributed by atoms with E-state index in [2.05, 4.69) is 33.0 Å². The number of thiophene rings is 1. The zero-order chi connectivity index (χ0) is 15.9. The molecule has 128 valence electrons. The highest BCUT2D eigenvalue weighted by Crippen LogP contribution is 2.28. The van der Waals surface area contributed by atoms with Crippen LogP contribution in [0.15, 0.2) is 17.5 Å². The number of hydrogen-bond acceptors (Lipinski definition) is 4. The van der Waals surface area contributed by atoms with E-state index in [1.165, 1.54) is 30.6 Å². The summed E-state index contributed by atoms with van der Waals surface area (Å²) in [5, 5.41) is 8.72. The summed E-state index contributed by atoms with van der Waals surface area (Å²) in [7, 11) is 0. The average Bonchev–Trinajstić information content (AvgIpc) is 3.28. The molecule has 2 saturated heterocycles. The Labute approximate surface area is 143 Å². The number of piperidine rings is 1. The van der Waals surface area contributed by atoms with Crippen LogP contribution in [0.3, 0.4) is 0 Å². The number of nitrogens with zero attached hydrogens (tertiary/aromatic N) is 1. The molecule has 4 nitrogen and oxygen atoms in total. The number of amides is 1. The number of hydrogen-bond donors (Lipinski definition) is 2. The number of carbonyl (C=O) groups excluding carboxylic acids is 1. The first kappa shape index (κ1) is 16.9. The maximum atomic E-state index is 12.2. The van der Waals surface area contributed by atoms with E-state index >= 15 is 0 Å². The topological polar surface area (TPSA) is 44.4 Å². The van der Waals surface area contributed by atoms with Gasteiger partial charge in [0.1, 0.15) is 0 Å². The third-order valence-corrected chi connectivity index (χ3v) is 6.16. The lowest BCUT2D eigenvalue weighted by Crippen LogP contribution is -2.36. The van der Waals surface area contributed by atoms with Crippen molar-refractivity contribution in [2.45, 2.75) is 44.6 Å². The minimum Gasteiger partial charge on any atom is -0.354 e. The first-order chi connectivity index (χ1) is 11.3. The molecule has 0 spiro atoms. The second-order valence-corrected chi connectivity index (χ2v) is 7.79. The normalized spacial score (nSPS) is 21.4. The van der Waals surface area contributed by atoms with Gasteiger partial charge in [0.2, 0.25) is 5.91 Å². The van der Waals surface area contributed by atoms with Crippen LogP contribution in [0.2, 0.25) is 0 Å². The maximum Gasteiger partial charge on any atom is 0.220 e. The third kappa shape index (κ3) is 5.03. The van der Waals surface area contributed by atoms with Crippen molar-refractivity contribution in [3.05, 3.63) is 22.4 Å². The van der Waals surface area contributed by atoms with Crippen molar-refractivity contribution in [2.75, 3.05) is 32.7 Å². The van der Waals surface area contributed by atoms with Crippen LogP contribution in [0.5, 0.6) is 0 Å². The molecule has 3 rings (SSSR count). The predicted octanol–water partition coefficient (Wildman–Crippen LogP) is 2.78. The number of likely N-dealkylation sites (tertiary alicyclic amines) is 1. The number of rotatable bonds is 7. The summed E-state index contributed by atoms with van der Waals surface area (Å²) >= 11 is 1.81. The van der Waals surface area contributed by atoms with Crippen LogP contribution in [-0.4, -0.2) is 43.5 Å². The van der Waals surface area contributed by atoms with Gasteiger partial charge in [-0.2, -0.15) is 0 Å². The molecular weight excluding hydrogens is 306 g/mol. The van der Waals surface area contributed by atoms with Crippen LogP contribution >= 0.6 is 11.3 Å². The van der Waals surface area contributed by atoms with Crippen molar-refractivity contribution in [3.63, 3.8) is 0 Å². The summed E-state index contributed by atoms with van der Waals surface area (Å²) in [6.07, 6.45) is 6.73. The van der Waals surface area contributed by atoms with Gasteiger partial charge in [0, 0.05) is 17.8 Å². The van der Waals surface area contributed by atoms with E-state index in [4.69, 9.17) is 0 Å². The molecule has 23 heavy (non-hydrogen) atoms. The van der Waals surface area contributed by atoms with Gasteiger partial charge in [0.05, 0.1) is 6.04 Å². The molecule has 0 aliphatic carbocycles. The van der Waals surface area contributed by atoms with Gasteiger partial charge in [0.15, 0.2) is 0 Å². The molecule has 0 aromatic carbocycles. The molecule has 2 aliphatic rings. The molecule has 1 amide bonds. The monoisotopic (exact) mass is 335 g/mol. The highest BCUT2D eigenvalue weighted by atomic mass is 32.1. The van der Waals surface area contributed by atoms with Crippen molar-refractivity contribution in [1.82, 2.24) is 15.5 Å². The highest BCUT2D eigenvalue weighted by molar-refractivity contribution is 7.10. The molecule has 0 bridgehead atoms. The van der Waals surface area contributed by atoms with Gasteiger partial charge in [0.25, 0.3) is 0 Å². The molecule has 0 saturated carbocycles. The third-order valence-electron chi connectivity index (χ3n) is 5.18. The maximum absolute atomic E-state index is 12.2. The van der Waals surface area contributed by atoms with Crippen LogP contribution in [0.1, 0.15) is 49.4 Å². The van der Waals surface area contributed by atoms with Crippen LogP contribution in [-0.2, 0) is 4.79 Å². The minimum atomic E-state index is 0.226. The molecule has 1 unspecified atom stereocenters. The van der Waals surface area contributed by atoms with Crippen molar-refractivity contribution in [2.24, 2.45) is 5.92 Å². The van der Waals surface area contributed by atoms with Gasteiger partial charge in [-0.3, -0.25) is 9.69 Å². The van der Waals surface area contributed by atoms with Crippen molar-refractivity contribution >= 4 is 17.2 Å². The van der Waals surface area contributed by atoms with Crippen molar-refractivity contribution in [3.8, 4) is 0 Å². The fourth-order valence-electron chi connectivity index (χ4n) is 3.75. The number of nitrogens with one attached hydrogen (secondary N) is 2. The van der Waals surface area contributed by atoms with Crippen molar-refractivity contribution < 1.29 is 4.79 Å². The second-order valence-electron chi connectivity index (χ2n) is 6.81. The fourth-order valence-corrected chi connectivity index (χ4v) is 4.61. The summed E-state index contributed by atoms with van der Waals surface area (Å²) in [5.41, 5.74) is 0. The largest absolute Gasteiger partial charge is 0.354 e. The summed E-state index contributed by atoms with van der Waals surface area (Å²) in [5.74, 6) is 0.956. The molecule has 1 atom stereocenters. The molecule has 1 aromatic rings. The van der Waals surface area contributed by atoms with Gasteiger partial charge >= 0.3 is 0 Å². The smallest absolute Gasteiger partial charge is 0.220 e. The van der Waals surface area contributed by atoms with Gasteiger partial charge in [-0.15, -0.1) is 11.3 Å². The Morgan fingerprint density at radius 3 is 2.83 bits per heavy atom. The van der Waals surface area contributed by atoms with E-state index in [1.807, 2.05) is 0 Å². The van der Waals surface area contributed by atoms with E-state index in [0.29, 0.717) is 12.5 Å². The lowest BCUT2D eigenvalue weighted by Gasteiger charge is -2.27. The molecule has 5 heteroatoms. The molecule has 0 radical (unpaired) electrons. The van der Waals surface area contributed by atoms with E-state index < -0.39 is 0 Å². The van der Waals surface area contributed by atoms with E-state index in [1.54, 1.807) is 11.3 Å². The second kappa shape index (κ2) is 8.81.